The number of phenols is 2. The lowest BCUT2D eigenvalue weighted by Gasteiger charge is -2.31. The summed E-state index contributed by atoms with van der Waals surface area (Å²) in [5.41, 5.74) is 2.45. The minimum atomic E-state index is -0.690. The molecule has 2 aromatic carbocycles. The number of carbonyl (C=O) groups excluding carboxylic acids is 1. The van der Waals surface area contributed by atoms with E-state index in [0.29, 0.717) is 12.8 Å². The molecule has 0 heterocycles. The molecule has 0 saturated heterocycles. The molecule has 2 atom stereocenters. The second kappa shape index (κ2) is 9.24. The highest BCUT2D eigenvalue weighted by molar-refractivity contribution is 6.03. The zero-order valence-electron chi connectivity index (χ0n) is 17.2. The quantitative estimate of drug-likeness (QED) is 0.425. The van der Waals surface area contributed by atoms with E-state index in [0.717, 1.165) is 24.5 Å². The number of hydrogen-bond acceptors (Lipinski definition) is 3. The van der Waals surface area contributed by atoms with Crippen LogP contribution in [-0.2, 0) is 0 Å². The maximum Gasteiger partial charge on any atom is 0.174 e. The molecule has 0 aromatic heterocycles. The standard InChI is InChI=1S/C25H26F2O3/c1-15(2)5-3-6-16-9-11-19(25(30)24-22(28)7-4-8-23(24)29)20(13-16)18-12-10-17(26)14-21(18)27/h4-5,7-10,12,14,19-20,28-29H,3,6,11,13H2,1-2H3/t19-,20+/m1/s1. The van der Waals surface area contributed by atoms with Gasteiger partial charge in [-0.2, -0.15) is 0 Å². The zero-order chi connectivity index (χ0) is 21.8. The van der Waals surface area contributed by atoms with E-state index in [-0.39, 0.29) is 22.6 Å². The topological polar surface area (TPSA) is 57.5 Å². The molecule has 2 N–H and O–H groups in total. The predicted octanol–water partition coefficient (Wildman–Crippen LogP) is 6.43. The normalized spacial score (nSPS) is 18.6. The SMILES string of the molecule is CC(C)=CCCC1=CC[C@@H](C(=O)c2c(O)cccc2O)[C@H](c2ccc(F)cc2F)C1. The molecule has 1 aliphatic carbocycles. The van der Waals surface area contributed by atoms with E-state index in [1.807, 2.05) is 19.9 Å². The van der Waals surface area contributed by atoms with Crippen molar-refractivity contribution in [2.45, 2.75) is 45.4 Å². The third kappa shape index (κ3) is 4.78. The van der Waals surface area contributed by atoms with Crippen LogP contribution in [0, 0.1) is 17.6 Å². The Morgan fingerprint density at radius 3 is 2.47 bits per heavy atom. The van der Waals surface area contributed by atoms with Crippen LogP contribution >= 0.6 is 0 Å². The van der Waals surface area contributed by atoms with Gasteiger partial charge < -0.3 is 10.2 Å². The Morgan fingerprint density at radius 1 is 1.13 bits per heavy atom. The molecule has 158 valence electrons. The third-order valence-electron chi connectivity index (χ3n) is 5.61. The summed E-state index contributed by atoms with van der Waals surface area (Å²) in [5, 5.41) is 20.3. The number of rotatable bonds is 6. The summed E-state index contributed by atoms with van der Waals surface area (Å²) >= 11 is 0. The first-order valence-corrected chi connectivity index (χ1v) is 10.1. The molecule has 0 saturated carbocycles. The van der Waals surface area contributed by atoms with E-state index >= 15 is 0 Å². The third-order valence-corrected chi connectivity index (χ3v) is 5.61. The molecule has 0 fully saturated rings. The minimum absolute atomic E-state index is 0.156. The van der Waals surface area contributed by atoms with Crippen LogP contribution in [0.15, 0.2) is 59.7 Å². The first-order chi connectivity index (χ1) is 14.3. The lowest BCUT2D eigenvalue weighted by Crippen LogP contribution is -2.26. The lowest BCUT2D eigenvalue weighted by molar-refractivity contribution is 0.0888. The summed E-state index contributed by atoms with van der Waals surface area (Å²) < 4.78 is 28.1. The fourth-order valence-corrected chi connectivity index (χ4v) is 4.10. The summed E-state index contributed by atoms with van der Waals surface area (Å²) in [7, 11) is 0. The van der Waals surface area contributed by atoms with Gasteiger partial charge in [0.25, 0.3) is 0 Å². The van der Waals surface area contributed by atoms with Crippen molar-refractivity contribution in [2.24, 2.45) is 5.92 Å². The van der Waals surface area contributed by atoms with Crippen molar-refractivity contribution in [1.29, 1.82) is 0 Å². The number of hydrogen-bond donors (Lipinski definition) is 2. The van der Waals surface area contributed by atoms with Crippen LogP contribution in [0.1, 0.15) is 61.4 Å². The molecular weight excluding hydrogens is 386 g/mol. The number of ketones is 1. The van der Waals surface area contributed by atoms with E-state index in [4.69, 9.17) is 0 Å². The number of phenolic OH excluding ortho intramolecular Hbond substituents is 2. The maximum absolute atomic E-state index is 14.6. The largest absolute Gasteiger partial charge is 0.507 e. The molecule has 0 spiro atoms. The highest BCUT2D eigenvalue weighted by Gasteiger charge is 2.36. The second-order valence-corrected chi connectivity index (χ2v) is 8.04. The lowest BCUT2D eigenvalue weighted by atomic mass is 9.71. The average molecular weight is 412 g/mol. The van der Waals surface area contributed by atoms with Gasteiger partial charge in [0.15, 0.2) is 5.78 Å². The van der Waals surface area contributed by atoms with Gasteiger partial charge in [-0.25, -0.2) is 8.78 Å². The van der Waals surface area contributed by atoms with Crippen LogP contribution < -0.4 is 0 Å². The van der Waals surface area contributed by atoms with Crippen molar-refractivity contribution < 1.29 is 23.8 Å². The summed E-state index contributed by atoms with van der Waals surface area (Å²) in [6.07, 6.45) is 6.60. The Morgan fingerprint density at radius 2 is 1.83 bits per heavy atom. The summed E-state index contributed by atoms with van der Waals surface area (Å²) in [4.78, 5) is 13.3. The van der Waals surface area contributed by atoms with Gasteiger partial charge in [-0.1, -0.05) is 35.4 Å². The fourth-order valence-electron chi connectivity index (χ4n) is 4.10. The van der Waals surface area contributed by atoms with E-state index in [2.05, 4.69) is 6.08 Å². The van der Waals surface area contributed by atoms with E-state index in [1.54, 1.807) is 0 Å². The highest BCUT2D eigenvalue weighted by Crippen LogP contribution is 2.43. The van der Waals surface area contributed by atoms with Gasteiger partial charge in [-0.15, -0.1) is 0 Å². The van der Waals surface area contributed by atoms with E-state index in [1.165, 1.54) is 35.9 Å². The van der Waals surface area contributed by atoms with Gasteiger partial charge in [0.1, 0.15) is 28.7 Å². The summed E-state index contributed by atoms with van der Waals surface area (Å²) in [5.74, 6) is -3.61. The average Bonchev–Trinajstić information content (AvgIpc) is 2.67. The fraction of sp³-hybridized carbons (Fsp3) is 0.320. The van der Waals surface area contributed by atoms with Gasteiger partial charge in [-0.05, 0) is 63.3 Å². The Labute approximate surface area is 175 Å². The zero-order valence-corrected chi connectivity index (χ0v) is 17.2. The molecule has 0 radical (unpaired) electrons. The van der Waals surface area contributed by atoms with Gasteiger partial charge in [0, 0.05) is 17.9 Å². The van der Waals surface area contributed by atoms with Crippen LogP contribution in [0.3, 0.4) is 0 Å². The number of aromatic hydroxyl groups is 2. The molecule has 3 nitrogen and oxygen atoms in total. The first kappa shape index (κ1) is 21.8. The van der Waals surface area contributed by atoms with Crippen molar-refractivity contribution in [2.75, 3.05) is 0 Å². The highest BCUT2D eigenvalue weighted by atomic mass is 19.1. The van der Waals surface area contributed by atoms with Crippen LogP contribution in [0.4, 0.5) is 8.78 Å². The number of halogens is 2. The van der Waals surface area contributed by atoms with Gasteiger partial charge in [0.2, 0.25) is 0 Å². The summed E-state index contributed by atoms with van der Waals surface area (Å²) in [6.45, 7) is 4.05. The molecule has 0 bridgehead atoms. The van der Waals surface area contributed by atoms with Crippen molar-refractivity contribution in [3.63, 3.8) is 0 Å². The molecule has 0 unspecified atom stereocenters. The van der Waals surface area contributed by atoms with Crippen LogP contribution in [-0.4, -0.2) is 16.0 Å². The van der Waals surface area contributed by atoms with Crippen molar-refractivity contribution in [3.05, 3.63) is 82.5 Å². The molecule has 3 rings (SSSR count). The Balaban J connectivity index is 1.97. The van der Waals surface area contributed by atoms with Crippen LogP contribution in [0.5, 0.6) is 11.5 Å². The molecule has 5 heteroatoms. The number of allylic oxidation sites excluding steroid dienone is 4. The molecule has 2 aromatic rings. The van der Waals surface area contributed by atoms with Crippen molar-refractivity contribution in [3.8, 4) is 11.5 Å². The van der Waals surface area contributed by atoms with E-state index < -0.39 is 29.3 Å². The Kier molecular flexibility index (Phi) is 6.70. The monoisotopic (exact) mass is 412 g/mol. The number of Topliss-reactive ketones (excluding diaryl/α,β-unsaturated/α-hetero) is 1. The van der Waals surface area contributed by atoms with Gasteiger partial charge >= 0.3 is 0 Å². The molecule has 30 heavy (non-hydrogen) atoms. The van der Waals surface area contributed by atoms with Crippen molar-refractivity contribution >= 4 is 5.78 Å². The maximum atomic E-state index is 14.6. The Bertz CT molecular complexity index is 983. The molecular formula is C25H26F2O3. The van der Waals surface area contributed by atoms with Crippen LogP contribution in [0.25, 0.3) is 0 Å². The number of carbonyl (C=O) groups is 1. The summed E-state index contributed by atoms with van der Waals surface area (Å²) in [6, 6.07) is 7.53. The molecule has 0 amide bonds. The molecule has 0 aliphatic heterocycles. The predicted molar refractivity (Wildman–Crippen MR) is 113 cm³/mol. The van der Waals surface area contributed by atoms with E-state index in [9.17, 15) is 23.8 Å². The molecule has 1 aliphatic rings. The number of benzene rings is 2. The second-order valence-electron chi connectivity index (χ2n) is 8.04. The van der Waals surface area contributed by atoms with Crippen LogP contribution in [0.2, 0.25) is 0 Å². The first-order valence-electron chi connectivity index (χ1n) is 10.1. The Hall–Kier alpha value is -2.95. The van der Waals surface area contributed by atoms with Crippen molar-refractivity contribution in [1.82, 2.24) is 0 Å². The minimum Gasteiger partial charge on any atom is -0.507 e. The van der Waals surface area contributed by atoms with Gasteiger partial charge in [-0.3, -0.25) is 4.79 Å². The van der Waals surface area contributed by atoms with Gasteiger partial charge in [0.05, 0.1) is 0 Å². The smallest absolute Gasteiger partial charge is 0.174 e.